The van der Waals surface area contributed by atoms with E-state index in [0.29, 0.717) is 6.04 Å². The highest BCUT2D eigenvalue weighted by Crippen LogP contribution is 2.37. The van der Waals surface area contributed by atoms with Crippen LogP contribution >= 0.6 is 0 Å². The summed E-state index contributed by atoms with van der Waals surface area (Å²) in [4.78, 5) is 5.16. The van der Waals surface area contributed by atoms with E-state index in [1.165, 1.54) is 31.5 Å². The van der Waals surface area contributed by atoms with Gasteiger partial charge in [0.2, 0.25) is 0 Å². The third-order valence-corrected chi connectivity index (χ3v) is 7.05. The number of methoxy groups -OCH3 is 1. The number of ether oxygens (including phenoxy) is 3. The van der Waals surface area contributed by atoms with Gasteiger partial charge in [0.1, 0.15) is 5.75 Å². The predicted octanol–water partition coefficient (Wildman–Crippen LogP) is 4.35. The zero-order chi connectivity index (χ0) is 21.9. The standard InChI is InChI=1S/C26H44N2O3/c1-4-14-28(23(2)21-29-3)22-26(12-19-30-20-13-26)24-8-10-25(11-9-24)31-18-7-17-27-15-5-6-16-27/h8-11,23H,4-7,12-22H2,1-3H3/t23-/m0/s1. The van der Waals surface area contributed by atoms with Gasteiger partial charge in [0.05, 0.1) is 13.2 Å². The minimum Gasteiger partial charge on any atom is -0.494 e. The molecule has 2 heterocycles. The van der Waals surface area contributed by atoms with Crippen molar-refractivity contribution in [3.63, 3.8) is 0 Å². The van der Waals surface area contributed by atoms with Gasteiger partial charge in [-0.3, -0.25) is 4.90 Å². The molecular formula is C26H44N2O3. The van der Waals surface area contributed by atoms with Crippen molar-refractivity contribution < 1.29 is 14.2 Å². The number of hydrogen-bond donors (Lipinski definition) is 0. The summed E-state index contributed by atoms with van der Waals surface area (Å²) in [6.45, 7) is 13.6. The van der Waals surface area contributed by atoms with Crippen molar-refractivity contribution in [3.05, 3.63) is 29.8 Å². The smallest absolute Gasteiger partial charge is 0.119 e. The second-order valence-electron chi connectivity index (χ2n) is 9.44. The molecule has 0 N–H and O–H groups in total. The first-order valence-corrected chi connectivity index (χ1v) is 12.4. The molecule has 2 aliphatic rings. The fraction of sp³-hybridized carbons (Fsp3) is 0.769. The maximum atomic E-state index is 6.05. The Hall–Kier alpha value is -1.14. The van der Waals surface area contributed by atoms with Crippen LogP contribution in [0, 0.1) is 0 Å². The zero-order valence-electron chi connectivity index (χ0n) is 20.1. The molecule has 0 saturated carbocycles. The van der Waals surface area contributed by atoms with Crippen LogP contribution in [0.5, 0.6) is 5.75 Å². The summed E-state index contributed by atoms with van der Waals surface area (Å²) in [6.07, 6.45) is 7.12. The molecule has 176 valence electrons. The van der Waals surface area contributed by atoms with Crippen LogP contribution in [-0.4, -0.2) is 82.1 Å². The first kappa shape index (κ1) is 24.5. The summed E-state index contributed by atoms with van der Waals surface area (Å²) in [6, 6.07) is 9.36. The summed E-state index contributed by atoms with van der Waals surface area (Å²) in [5, 5.41) is 0. The van der Waals surface area contributed by atoms with Gasteiger partial charge >= 0.3 is 0 Å². The van der Waals surface area contributed by atoms with E-state index in [-0.39, 0.29) is 5.41 Å². The minimum absolute atomic E-state index is 0.143. The van der Waals surface area contributed by atoms with E-state index in [0.717, 1.165) is 77.5 Å². The van der Waals surface area contributed by atoms with Crippen molar-refractivity contribution in [2.24, 2.45) is 0 Å². The largest absolute Gasteiger partial charge is 0.494 e. The third kappa shape index (κ3) is 7.18. The highest BCUT2D eigenvalue weighted by molar-refractivity contribution is 5.33. The molecule has 31 heavy (non-hydrogen) atoms. The van der Waals surface area contributed by atoms with Gasteiger partial charge in [-0.2, -0.15) is 0 Å². The Labute approximate surface area is 190 Å². The van der Waals surface area contributed by atoms with Gasteiger partial charge in [-0.05, 0) is 82.8 Å². The molecule has 2 fully saturated rings. The lowest BCUT2D eigenvalue weighted by atomic mass is 9.73. The average molecular weight is 433 g/mol. The molecule has 0 unspecified atom stereocenters. The molecular weight excluding hydrogens is 388 g/mol. The van der Waals surface area contributed by atoms with Crippen molar-refractivity contribution in [3.8, 4) is 5.75 Å². The van der Waals surface area contributed by atoms with E-state index in [9.17, 15) is 0 Å². The molecule has 1 aromatic carbocycles. The Morgan fingerprint density at radius 1 is 1.13 bits per heavy atom. The van der Waals surface area contributed by atoms with Gasteiger partial charge in [0.25, 0.3) is 0 Å². The van der Waals surface area contributed by atoms with Crippen LogP contribution in [0.1, 0.15) is 57.9 Å². The lowest BCUT2D eigenvalue weighted by molar-refractivity contribution is 0.0179. The molecule has 2 aliphatic heterocycles. The number of likely N-dealkylation sites (tertiary alicyclic amines) is 1. The molecule has 0 radical (unpaired) electrons. The van der Waals surface area contributed by atoms with Crippen molar-refractivity contribution in [2.45, 2.75) is 63.8 Å². The quantitative estimate of drug-likeness (QED) is 0.433. The van der Waals surface area contributed by atoms with Crippen LogP contribution in [0.2, 0.25) is 0 Å². The molecule has 0 spiro atoms. The highest BCUT2D eigenvalue weighted by atomic mass is 16.5. The van der Waals surface area contributed by atoms with E-state index in [1.54, 1.807) is 7.11 Å². The molecule has 0 aliphatic carbocycles. The zero-order valence-corrected chi connectivity index (χ0v) is 20.1. The number of benzene rings is 1. The van der Waals surface area contributed by atoms with Gasteiger partial charge in [0.15, 0.2) is 0 Å². The van der Waals surface area contributed by atoms with Gasteiger partial charge in [-0.15, -0.1) is 0 Å². The van der Waals surface area contributed by atoms with Crippen LogP contribution in [0.3, 0.4) is 0 Å². The molecule has 1 atom stereocenters. The van der Waals surface area contributed by atoms with E-state index in [2.05, 4.69) is 47.9 Å². The Morgan fingerprint density at radius 2 is 1.84 bits per heavy atom. The summed E-state index contributed by atoms with van der Waals surface area (Å²) in [5.41, 5.74) is 1.56. The van der Waals surface area contributed by atoms with Crippen LogP contribution < -0.4 is 4.74 Å². The molecule has 1 aromatic rings. The first-order chi connectivity index (χ1) is 15.2. The maximum absolute atomic E-state index is 6.05. The normalized spacial score (nSPS) is 20.3. The molecule has 0 bridgehead atoms. The van der Waals surface area contributed by atoms with Crippen molar-refractivity contribution in [1.82, 2.24) is 9.80 Å². The van der Waals surface area contributed by atoms with Crippen LogP contribution in [-0.2, 0) is 14.9 Å². The first-order valence-electron chi connectivity index (χ1n) is 12.4. The lowest BCUT2D eigenvalue weighted by Crippen LogP contribution is -2.49. The summed E-state index contributed by atoms with van der Waals surface area (Å²) >= 11 is 0. The van der Waals surface area contributed by atoms with Gasteiger partial charge < -0.3 is 19.1 Å². The van der Waals surface area contributed by atoms with E-state index < -0.39 is 0 Å². The second-order valence-corrected chi connectivity index (χ2v) is 9.44. The van der Waals surface area contributed by atoms with Gasteiger partial charge in [0, 0.05) is 44.9 Å². The van der Waals surface area contributed by atoms with Crippen molar-refractivity contribution >= 4 is 0 Å². The SMILES string of the molecule is CCCN(CC1(c2ccc(OCCCN3CCCC3)cc2)CCOCC1)[C@@H](C)COC. The third-order valence-electron chi connectivity index (χ3n) is 7.05. The molecule has 2 saturated heterocycles. The molecule has 0 amide bonds. The van der Waals surface area contributed by atoms with Gasteiger partial charge in [-0.25, -0.2) is 0 Å². The fourth-order valence-corrected chi connectivity index (χ4v) is 5.17. The Morgan fingerprint density at radius 3 is 2.48 bits per heavy atom. The van der Waals surface area contributed by atoms with E-state index in [1.807, 2.05) is 0 Å². The van der Waals surface area contributed by atoms with Crippen LogP contribution in [0.4, 0.5) is 0 Å². The topological polar surface area (TPSA) is 34.2 Å². The molecule has 3 rings (SSSR count). The highest BCUT2D eigenvalue weighted by Gasteiger charge is 2.37. The number of nitrogens with zero attached hydrogens (tertiary/aromatic N) is 2. The van der Waals surface area contributed by atoms with Crippen molar-refractivity contribution in [2.75, 3.05) is 66.3 Å². The Balaban J connectivity index is 1.61. The number of hydrogen-bond acceptors (Lipinski definition) is 5. The fourth-order valence-electron chi connectivity index (χ4n) is 5.17. The summed E-state index contributed by atoms with van der Waals surface area (Å²) in [7, 11) is 1.80. The summed E-state index contributed by atoms with van der Waals surface area (Å²) < 4.78 is 17.3. The van der Waals surface area contributed by atoms with Crippen LogP contribution in [0.25, 0.3) is 0 Å². The average Bonchev–Trinajstić information content (AvgIpc) is 3.31. The van der Waals surface area contributed by atoms with Crippen molar-refractivity contribution in [1.29, 1.82) is 0 Å². The minimum atomic E-state index is 0.143. The second kappa shape index (κ2) is 12.8. The molecule has 5 nitrogen and oxygen atoms in total. The van der Waals surface area contributed by atoms with Gasteiger partial charge in [-0.1, -0.05) is 19.1 Å². The van der Waals surface area contributed by atoms with E-state index in [4.69, 9.17) is 14.2 Å². The van der Waals surface area contributed by atoms with E-state index >= 15 is 0 Å². The molecule has 0 aromatic heterocycles. The van der Waals surface area contributed by atoms with Crippen LogP contribution in [0.15, 0.2) is 24.3 Å². The molecule has 5 heteroatoms. The lowest BCUT2D eigenvalue weighted by Gasteiger charge is -2.43. The Bertz CT molecular complexity index is 610. The monoisotopic (exact) mass is 432 g/mol. The Kier molecular flexibility index (Phi) is 10.1. The predicted molar refractivity (Wildman–Crippen MR) is 127 cm³/mol. The maximum Gasteiger partial charge on any atom is 0.119 e. The summed E-state index contributed by atoms with van der Waals surface area (Å²) in [5.74, 6) is 0.991. The number of rotatable bonds is 13.